The molecule has 0 saturated carbocycles. The molecule has 0 aliphatic heterocycles. The van der Waals surface area contributed by atoms with E-state index in [2.05, 4.69) is 45.0 Å². The predicted molar refractivity (Wildman–Crippen MR) is 94.7 cm³/mol. The van der Waals surface area contributed by atoms with Gasteiger partial charge in [-0.1, -0.05) is 64.7 Å². The summed E-state index contributed by atoms with van der Waals surface area (Å²) >= 11 is 0. The summed E-state index contributed by atoms with van der Waals surface area (Å²) in [7, 11) is 0. The van der Waals surface area contributed by atoms with Crippen LogP contribution in [0.2, 0.25) is 0 Å². The fourth-order valence-electron chi connectivity index (χ4n) is 2.34. The molecule has 1 atom stereocenters. The van der Waals surface area contributed by atoms with Crippen molar-refractivity contribution in [2.45, 2.75) is 65.7 Å². The number of ether oxygens (including phenoxy) is 2. The number of hydrogen-bond donors (Lipinski definition) is 0. The Morgan fingerprint density at radius 3 is 2.55 bits per heavy atom. The molecule has 0 aliphatic rings. The fourth-order valence-corrected chi connectivity index (χ4v) is 2.34. The Hall–Kier alpha value is -1.02. The highest BCUT2D eigenvalue weighted by atomic mass is 16.5. The van der Waals surface area contributed by atoms with E-state index < -0.39 is 0 Å². The summed E-state index contributed by atoms with van der Waals surface area (Å²) in [5, 5.41) is 0. The maximum absolute atomic E-state index is 5.95. The van der Waals surface area contributed by atoms with Gasteiger partial charge in [0.1, 0.15) is 5.75 Å². The molecule has 126 valence electrons. The van der Waals surface area contributed by atoms with Gasteiger partial charge in [-0.2, -0.15) is 0 Å². The van der Waals surface area contributed by atoms with E-state index in [1.807, 2.05) is 0 Å². The van der Waals surface area contributed by atoms with Crippen LogP contribution in [0.3, 0.4) is 0 Å². The third kappa shape index (κ3) is 8.43. The summed E-state index contributed by atoms with van der Waals surface area (Å²) in [5.74, 6) is 1.71. The fraction of sp³-hybridized carbons (Fsp3) is 0.700. The number of rotatable bonds is 13. The third-order valence-electron chi connectivity index (χ3n) is 4.06. The highest BCUT2D eigenvalue weighted by Crippen LogP contribution is 2.20. The van der Waals surface area contributed by atoms with E-state index in [1.165, 1.54) is 37.7 Å². The van der Waals surface area contributed by atoms with Crippen molar-refractivity contribution in [1.82, 2.24) is 0 Å². The maximum Gasteiger partial charge on any atom is 0.122 e. The zero-order chi connectivity index (χ0) is 16.0. The standard InChI is InChI=1S/C20H34O2/c1-4-6-7-8-12-19-13-9-10-14-20(19)22-16-11-15-21-17-18(3)5-2/h9-10,13-14,18H,4-8,11-12,15-17H2,1-3H3. The predicted octanol–water partition coefficient (Wildman–Crippen LogP) is 5.64. The lowest BCUT2D eigenvalue weighted by atomic mass is 10.1. The highest BCUT2D eigenvalue weighted by molar-refractivity contribution is 5.33. The lowest BCUT2D eigenvalue weighted by Crippen LogP contribution is -2.09. The first-order valence-electron chi connectivity index (χ1n) is 9.06. The van der Waals surface area contributed by atoms with E-state index in [0.29, 0.717) is 5.92 Å². The van der Waals surface area contributed by atoms with Gasteiger partial charge in [0.25, 0.3) is 0 Å². The Bertz CT molecular complexity index is 376. The first kappa shape index (κ1) is 19.0. The van der Waals surface area contributed by atoms with Crippen molar-refractivity contribution < 1.29 is 9.47 Å². The van der Waals surface area contributed by atoms with Crippen LogP contribution in [0.1, 0.15) is 64.9 Å². The second-order valence-corrected chi connectivity index (χ2v) is 6.21. The van der Waals surface area contributed by atoms with Crippen LogP contribution in [-0.4, -0.2) is 19.8 Å². The first-order chi connectivity index (χ1) is 10.8. The van der Waals surface area contributed by atoms with E-state index >= 15 is 0 Å². The monoisotopic (exact) mass is 306 g/mol. The quantitative estimate of drug-likeness (QED) is 0.439. The second-order valence-electron chi connectivity index (χ2n) is 6.21. The number of unbranched alkanes of at least 4 members (excludes halogenated alkanes) is 3. The van der Waals surface area contributed by atoms with Gasteiger partial charge in [0.15, 0.2) is 0 Å². The van der Waals surface area contributed by atoms with Crippen molar-refractivity contribution in [3.8, 4) is 5.75 Å². The highest BCUT2D eigenvalue weighted by Gasteiger charge is 2.03. The molecule has 1 unspecified atom stereocenters. The average molecular weight is 306 g/mol. The molecule has 2 nitrogen and oxygen atoms in total. The molecule has 0 aliphatic carbocycles. The summed E-state index contributed by atoms with van der Waals surface area (Å²) < 4.78 is 11.6. The molecule has 0 fully saturated rings. The van der Waals surface area contributed by atoms with Gasteiger partial charge in [0.05, 0.1) is 6.61 Å². The summed E-state index contributed by atoms with van der Waals surface area (Å²) in [5.41, 5.74) is 1.35. The van der Waals surface area contributed by atoms with Crippen LogP contribution in [0.5, 0.6) is 5.75 Å². The van der Waals surface area contributed by atoms with Crippen molar-refractivity contribution in [2.75, 3.05) is 19.8 Å². The van der Waals surface area contributed by atoms with Crippen LogP contribution in [0, 0.1) is 5.92 Å². The summed E-state index contributed by atoms with van der Waals surface area (Å²) in [6.45, 7) is 9.08. The van der Waals surface area contributed by atoms with Crippen LogP contribution in [0.4, 0.5) is 0 Å². The van der Waals surface area contributed by atoms with Crippen molar-refractivity contribution in [3.05, 3.63) is 29.8 Å². The molecule has 0 N–H and O–H groups in total. The van der Waals surface area contributed by atoms with Crippen LogP contribution in [-0.2, 0) is 11.2 Å². The molecule has 0 heterocycles. The van der Waals surface area contributed by atoms with E-state index in [9.17, 15) is 0 Å². The van der Waals surface area contributed by atoms with Crippen molar-refractivity contribution in [1.29, 1.82) is 0 Å². The van der Waals surface area contributed by atoms with E-state index in [0.717, 1.165) is 38.4 Å². The molecule has 0 amide bonds. The molecule has 1 aromatic rings. The molecule has 1 aromatic carbocycles. The minimum Gasteiger partial charge on any atom is -0.493 e. The zero-order valence-corrected chi connectivity index (χ0v) is 14.8. The lowest BCUT2D eigenvalue weighted by Gasteiger charge is -2.12. The lowest BCUT2D eigenvalue weighted by molar-refractivity contribution is 0.0925. The number of hydrogen-bond acceptors (Lipinski definition) is 2. The first-order valence-corrected chi connectivity index (χ1v) is 9.06. The van der Waals surface area contributed by atoms with Gasteiger partial charge in [0, 0.05) is 19.6 Å². The Balaban J connectivity index is 2.21. The number of benzene rings is 1. The maximum atomic E-state index is 5.95. The van der Waals surface area contributed by atoms with E-state index in [1.54, 1.807) is 0 Å². The van der Waals surface area contributed by atoms with Crippen LogP contribution in [0.25, 0.3) is 0 Å². The normalized spacial score (nSPS) is 12.3. The Morgan fingerprint density at radius 1 is 0.955 bits per heavy atom. The van der Waals surface area contributed by atoms with Gasteiger partial charge in [-0.25, -0.2) is 0 Å². The molecule has 0 spiro atoms. The Morgan fingerprint density at radius 2 is 1.77 bits per heavy atom. The average Bonchev–Trinajstić information content (AvgIpc) is 2.55. The molecule has 1 rings (SSSR count). The molecule has 0 radical (unpaired) electrons. The molecule has 2 heteroatoms. The Labute approximate surface area is 137 Å². The molecular formula is C20H34O2. The van der Waals surface area contributed by atoms with Gasteiger partial charge in [-0.05, 0) is 30.4 Å². The molecular weight excluding hydrogens is 272 g/mol. The smallest absolute Gasteiger partial charge is 0.122 e. The molecule has 0 aromatic heterocycles. The van der Waals surface area contributed by atoms with Crippen LogP contribution >= 0.6 is 0 Å². The van der Waals surface area contributed by atoms with Gasteiger partial charge >= 0.3 is 0 Å². The Kier molecular flexibility index (Phi) is 10.8. The van der Waals surface area contributed by atoms with Gasteiger partial charge in [0.2, 0.25) is 0 Å². The van der Waals surface area contributed by atoms with Crippen molar-refractivity contribution >= 4 is 0 Å². The van der Waals surface area contributed by atoms with Gasteiger partial charge in [-0.3, -0.25) is 0 Å². The summed E-state index contributed by atoms with van der Waals surface area (Å²) in [6.07, 6.45) is 8.45. The summed E-state index contributed by atoms with van der Waals surface area (Å²) in [4.78, 5) is 0. The van der Waals surface area contributed by atoms with Gasteiger partial charge < -0.3 is 9.47 Å². The molecule has 0 bridgehead atoms. The van der Waals surface area contributed by atoms with E-state index in [-0.39, 0.29) is 0 Å². The SMILES string of the molecule is CCCCCCc1ccccc1OCCCOCC(C)CC. The largest absolute Gasteiger partial charge is 0.493 e. The topological polar surface area (TPSA) is 18.5 Å². The number of para-hydroxylation sites is 1. The van der Waals surface area contributed by atoms with Gasteiger partial charge in [-0.15, -0.1) is 0 Å². The van der Waals surface area contributed by atoms with E-state index in [4.69, 9.17) is 9.47 Å². The molecule has 0 saturated heterocycles. The second kappa shape index (κ2) is 12.5. The van der Waals surface area contributed by atoms with Crippen LogP contribution in [0.15, 0.2) is 24.3 Å². The summed E-state index contributed by atoms with van der Waals surface area (Å²) in [6, 6.07) is 8.46. The molecule has 22 heavy (non-hydrogen) atoms. The zero-order valence-electron chi connectivity index (χ0n) is 14.8. The van der Waals surface area contributed by atoms with Crippen molar-refractivity contribution in [3.63, 3.8) is 0 Å². The number of aryl methyl sites for hydroxylation is 1. The minimum atomic E-state index is 0.657. The minimum absolute atomic E-state index is 0.657. The van der Waals surface area contributed by atoms with Crippen LogP contribution < -0.4 is 4.74 Å². The third-order valence-corrected chi connectivity index (χ3v) is 4.06. The van der Waals surface area contributed by atoms with Crippen molar-refractivity contribution in [2.24, 2.45) is 5.92 Å².